The highest BCUT2D eigenvalue weighted by molar-refractivity contribution is 7.89. The van der Waals surface area contributed by atoms with E-state index in [1.165, 1.54) is 14.2 Å². The number of hydrogen-bond donors (Lipinski definition) is 0. The first-order chi connectivity index (χ1) is 9.59. The number of rotatable bonds is 6. The van der Waals surface area contributed by atoms with Crippen LogP contribution in [0.5, 0.6) is 0 Å². The van der Waals surface area contributed by atoms with Gasteiger partial charge in [0.1, 0.15) is 0 Å². The van der Waals surface area contributed by atoms with Gasteiger partial charge < -0.3 is 4.74 Å². The Morgan fingerprint density at radius 3 is 2.05 bits per heavy atom. The molecular formula is C11H14FNO6S2. The average Bonchev–Trinajstić information content (AvgIpc) is 2.43. The van der Waals surface area contributed by atoms with E-state index in [1.807, 2.05) is 0 Å². The van der Waals surface area contributed by atoms with Crippen molar-refractivity contribution in [3.05, 3.63) is 24.3 Å². The number of benzene rings is 1. The van der Waals surface area contributed by atoms with Crippen LogP contribution in [0.1, 0.15) is 6.42 Å². The van der Waals surface area contributed by atoms with E-state index in [0.717, 1.165) is 28.6 Å². The Morgan fingerprint density at radius 1 is 1.14 bits per heavy atom. The van der Waals surface area contributed by atoms with Crippen LogP contribution in [0, 0.1) is 0 Å². The number of esters is 1. The van der Waals surface area contributed by atoms with Crippen LogP contribution in [0.3, 0.4) is 0 Å². The zero-order valence-corrected chi connectivity index (χ0v) is 12.9. The van der Waals surface area contributed by atoms with Gasteiger partial charge in [0.15, 0.2) is 0 Å². The maximum absolute atomic E-state index is 12.7. The van der Waals surface area contributed by atoms with E-state index < -0.39 is 31.1 Å². The Bertz CT molecular complexity index is 712. The molecule has 0 saturated heterocycles. The third-order valence-corrected chi connectivity index (χ3v) is 5.38. The van der Waals surface area contributed by atoms with Crippen LogP contribution < -0.4 is 0 Å². The number of halogens is 1. The lowest BCUT2D eigenvalue weighted by atomic mass is 10.4. The van der Waals surface area contributed by atoms with Crippen LogP contribution >= 0.6 is 0 Å². The van der Waals surface area contributed by atoms with Gasteiger partial charge >= 0.3 is 16.2 Å². The van der Waals surface area contributed by atoms with Gasteiger partial charge in [-0.3, -0.25) is 4.79 Å². The van der Waals surface area contributed by atoms with E-state index in [1.54, 1.807) is 0 Å². The summed E-state index contributed by atoms with van der Waals surface area (Å²) < 4.78 is 63.6. The normalized spacial score (nSPS) is 12.4. The van der Waals surface area contributed by atoms with Crippen molar-refractivity contribution in [3.63, 3.8) is 0 Å². The second-order valence-corrected chi connectivity index (χ2v) is 7.45. The molecule has 1 aromatic carbocycles. The van der Waals surface area contributed by atoms with Crippen LogP contribution in [0.25, 0.3) is 0 Å². The third kappa shape index (κ3) is 4.48. The standard InChI is InChI=1S/C11H14FNO6S2/c1-13(8-7-11(14)19-2)21(17,18)10-5-3-9(4-6-10)20(12,15)16/h3-6H,7-8H2,1-2H3. The molecule has 1 rings (SSSR count). The average molecular weight is 339 g/mol. The Morgan fingerprint density at radius 2 is 1.62 bits per heavy atom. The van der Waals surface area contributed by atoms with Gasteiger partial charge in [0.2, 0.25) is 10.0 Å². The molecule has 0 amide bonds. The molecule has 0 saturated carbocycles. The summed E-state index contributed by atoms with van der Waals surface area (Å²) in [5.74, 6) is -0.559. The number of carbonyl (C=O) groups excluding carboxylic acids is 1. The zero-order chi connectivity index (χ0) is 16.3. The fraction of sp³-hybridized carbons (Fsp3) is 0.364. The molecule has 0 aromatic heterocycles. The molecule has 0 spiro atoms. The van der Waals surface area contributed by atoms with E-state index in [0.29, 0.717) is 0 Å². The maximum atomic E-state index is 12.7. The van der Waals surface area contributed by atoms with Crippen molar-refractivity contribution in [2.45, 2.75) is 16.2 Å². The molecule has 0 aliphatic heterocycles. The highest BCUT2D eigenvalue weighted by Gasteiger charge is 2.22. The number of sulfonamides is 1. The van der Waals surface area contributed by atoms with Gasteiger partial charge in [0.25, 0.3) is 0 Å². The molecule has 0 unspecified atom stereocenters. The zero-order valence-electron chi connectivity index (χ0n) is 11.3. The maximum Gasteiger partial charge on any atom is 0.332 e. The lowest BCUT2D eigenvalue weighted by Gasteiger charge is -2.16. The quantitative estimate of drug-likeness (QED) is 0.554. The van der Waals surface area contributed by atoms with Crippen molar-refractivity contribution in [2.75, 3.05) is 20.7 Å². The number of carbonyl (C=O) groups is 1. The minimum atomic E-state index is -4.88. The molecule has 10 heteroatoms. The van der Waals surface area contributed by atoms with Crippen molar-refractivity contribution < 1.29 is 30.3 Å². The Labute approximate surface area is 122 Å². The lowest BCUT2D eigenvalue weighted by Crippen LogP contribution is -2.29. The summed E-state index contributed by atoms with van der Waals surface area (Å²) in [6.07, 6.45) is -0.122. The SMILES string of the molecule is COC(=O)CCN(C)S(=O)(=O)c1ccc(S(=O)(=O)F)cc1. The molecule has 0 heterocycles. The van der Waals surface area contributed by atoms with Crippen LogP contribution in [0.2, 0.25) is 0 Å². The summed E-state index contributed by atoms with van der Waals surface area (Å²) in [5.41, 5.74) is 0. The molecular weight excluding hydrogens is 325 g/mol. The number of methoxy groups -OCH3 is 1. The molecule has 118 valence electrons. The van der Waals surface area contributed by atoms with Crippen molar-refractivity contribution in [1.29, 1.82) is 0 Å². The Kier molecular flexibility index (Phi) is 5.42. The van der Waals surface area contributed by atoms with Gasteiger partial charge in [0, 0.05) is 13.6 Å². The molecule has 0 atom stereocenters. The molecule has 7 nitrogen and oxygen atoms in total. The molecule has 0 radical (unpaired) electrons. The molecule has 0 bridgehead atoms. The first-order valence-corrected chi connectivity index (χ1v) is 8.49. The predicted octanol–water partition coefficient (Wildman–Crippen LogP) is 0.528. The molecule has 0 aliphatic carbocycles. The van der Waals surface area contributed by atoms with Gasteiger partial charge in [-0.25, -0.2) is 12.7 Å². The third-order valence-electron chi connectivity index (χ3n) is 2.67. The number of hydrogen-bond acceptors (Lipinski definition) is 6. The lowest BCUT2D eigenvalue weighted by molar-refractivity contribution is -0.140. The topological polar surface area (TPSA) is 97.8 Å². The monoisotopic (exact) mass is 339 g/mol. The second-order valence-electron chi connectivity index (χ2n) is 4.06. The highest BCUT2D eigenvalue weighted by Crippen LogP contribution is 2.18. The van der Waals surface area contributed by atoms with Crippen LogP contribution in [0.15, 0.2) is 34.1 Å². The Balaban J connectivity index is 2.95. The molecule has 1 aromatic rings. The van der Waals surface area contributed by atoms with E-state index in [-0.39, 0.29) is 17.9 Å². The van der Waals surface area contributed by atoms with Crippen molar-refractivity contribution in [3.8, 4) is 0 Å². The smallest absolute Gasteiger partial charge is 0.332 e. The van der Waals surface area contributed by atoms with E-state index in [4.69, 9.17) is 0 Å². The van der Waals surface area contributed by atoms with Crippen molar-refractivity contribution >= 4 is 26.2 Å². The van der Waals surface area contributed by atoms with Gasteiger partial charge in [0.05, 0.1) is 23.3 Å². The van der Waals surface area contributed by atoms with E-state index in [2.05, 4.69) is 4.74 Å². The van der Waals surface area contributed by atoms with Gasteiger partial charge in [-0.15, -0.1) is 3.89 Å². The highest BCUT2D eigenvalue weighted by atomic mass is 32.3. The second kappa shape index (κ2) is 6.50. The van der Waals surface area contributed by atoms with Crippen LogP contribution in [-0.2, 0) is 29.8 Å². The number of ether oxygens (including phenoxy) is 1. The summed E-state index contributed by atoms with van der Waals surface area (Å²) in [5, 5.41) is 0. The summed E-state index contributed by atoms with van der Waals surface area (Å²) >= 11 is 0. The largest absolute Gasteiger partial charge is 0.469 e. The van der Waals surface area contributed by atoms with Gasteiger partial charge in [-0.05, 0) is 24.3 Å². The first kappa shape index (κ1) is 17.5. The van der Waals surface area contributed by atoms with E-state index >= 15 is 0 Å². The fourth-order valence-electron chi connectivity index (χ4n) is 1.43. The molecule has 0 fully saturated rings. The minimum absolute atomic E-state index is 0.0990. The summed E-state index contributed by atoms with van der Waals surface area (Å²) in [6, 6.07) is 3.68. The van der Waals surface area contributed by atoms with Gasteiger partial charge in [-0.2, -0.15) is 8.42 Å². The predicted molar refractivity (Wildman–Crippen MR) is 71.2 cm³/mol. The summed E-state index contributed by atoms with van der Waals surface area (Å²) in [7, 11) is -6.33. The molecule has 21 heavy (non-hydrogen) atoms. The van der Waals surface area contributed by atoms with E-state index in [9.17, 15) is 25.5 Å². The van der Waals surface area contributed by atoms with Crippen LogP contribution in [0.4, 0.5) is 3.89 Å². The first-order valence-electron chi connectivity index (χ1n) is 5.67. The molecule has 0 aliphatic rings. The van der Waals surface area contributed by atoms with Crippen molar-refractivity contribution in [1.82, 2.24) is 4.31 Å². The number of nitrogens with zero attached hydrogens (tertiary/aromatic N) is 1. The Hall–Kier alpha value is -1.52. The minimum Gasteiger partial charge on any atom is -0.469 e. The van der Waals surface area contributed by atoms with Gasteiger partial charge in [-0.1, -0.05) is 0 Å². The van der Waals surface area contributed by atoms with Crippen molar-refractivity contribution in [2.24, 2.45) is 0 Å². The fourth-order valence-corrected chi connectivity index (χ4v) is 3.06. The summed E-state index contributed by atoms with van der Waals surface area (Å²) in [4.78, 5) is 10.2. The van der Waals surface area contributed by atoms with Crippen LogP contribution in [-0.4, -0.2) is 47.8 Å². The summed E-state index contributed by atoms with van der Waals surface area (Å²) in [6.45, 7) is -0.0990. The molecule has 0 N–H and O–H groups in total.